The molecule has 138 valence electrons. The topological polar surface area (TPSA) is 72.5 Å². The van der Waals surface area contributed by atoms with E-state index < -0.39 is 0 Å². The molecular formula is C21H31NO3. The SMILES string of the molecule is CC(=O)OC1=C[C@H]2[C@@H]3CCC4C=C(O)CC[C@]4(C)[C@H]3CC[C@]2(C)[C@H]1N. The Morgan fingerprint density at radius 3 is 2.68 bits per heavy atom. The number of aliphatic hydroxyl groups is 1. The Morgan fingerprint density at radius 1 is 1.20 bits per heavy atom. The van der Waals surface area contributed by atoms with Crippen molar-refractivity contribution in [2.24, 2.45) is 40.2 Å². The molecule has 0 aliphatic heterocycles. The standard InChI is InChI=1S/C21H31NO3/c1-12(23)25-18-11-17-15-5-4-13-10-14(24)6-8-20(13,2)16(15)7-9-21(17,3)19(18)22/h10-11,13,15-17,19,24H,4-9,22H2,1-3H3/t13?,15-,16+,17+,19+,20+,21+/m1/s1. The fourth-order valence-corrected chi connectivity index (χ4v) is 6.67. The van der Waals surface area contributed by atoms with Crippen LogP contribution < -0.4 is 5.73 Å². The van der Waals surface area contributed by atoms with Crippen molar-refractivity contribution in [2.75, 3.05) is 0 Å². The molecule has 7 atom stereocenters. The third-order valence-corrected chi connectivity index (χ3v) is 8.17. The van der Waals surface area contributed by atoms with Gasteiger partial charge in [0.05, 0.1) is 11.8 Å². The summed E-state index contributed by atoms with van der Waals surface area (Å²) >= 11 is 0. The van der Waals surface area contributed by atoms with Gasteiger partial charge < -0.3 is 15.6 Å². The zero-order chi connectivity index (χ0) is 18.0. The van der Waals surface area contributed by atoms with Crippen molar-refractivity contribution in [3.63, 3.8) is 0 Å². The van der Waals surface area contributed by atoms with Crippen LogP contribution in [0.5, 0.6) is 0 Å². The third-order valence-electron chi connectivity index (χ3n) is 8.17. The van der Waals surface area contributed by atoms with Crippen molar-refractivity contribution in [1.82, 2.24) is 0 Å². The van der Waals surface area contributed by atoms with Crippen molar-refractivity contribution >= 4 is 5.97 Å². The maximum Gasteiger partial charge on any atom is 0.307 e. The molecule has 0 heterocycles. The summed E-state index contributed by atoms with van der Waals surface area (Å²) < 4.78 is 5.46. The lowest BCUT2D eigenvalue weighted by Gasteiger charge is -2.59. The highest BCUT2D eigenvalue weighted by molar-refractivity contribution is 5.67. The van der Waals surface area contributed by atoms with Crippen LogP contribution in [0, 0.1) is 34.5 Å². The number of allylic oxidation sites excluding steroid dienone is 3. The average Bonchev–Trinajstić information content (AvgIpc) is 2.79. The van der Waals surface area contributed by atoms with Gasteiger partial charge in [0.15, 0.2) is 0 Å². The Hall–Kier alpha value is -1.29. The van der Waals surface area contributed by atoms with Crippen LogP contribution in [-0.4, -0.2) is 17.1 Å². The van der Waals surface area contributed by atoms with Gasteiger partial charge in [0, 0.05) is 13.3 Å². The van der Waals surface area contributed by atoms with Crippen molar-refractivity contribution in [3.05, 3.63) is 23.7 Å². The molecule has 4 heteroatoms. The Bertz CT molecular complexity index is 654. The fourth-order valence-electron chi connectivity index (χ4n) is 6.67. The minimum absolute atomic E-state index is 0.00178. The summed E-state index contributed by atoms with van der Waals surface area (Å²) in [6.45, 7) is 6.17. The Labute approximate surface area is 150 Å². The van der Waals surface area contributed by atoms with Gasteiger partial charge in [0.2, 0.25) is 0 Å². The van der Waals surface area contributed by atoms with Gasteiger partial charge in [-0.05, 0) is 78.8 Å². The molecule has 25 heavy (non-hydrogen) atoms. The van der Waals surface area contributed by atoms with Crippen molar-refractivity contribution in [1.29, 1.82) is 0 Å². The number of carbonyl (C=O) groups is 1. The average molecular weight is 345 g/mol. The minimum Gasteiger partial charge on any atom is -0.513 e. The van der Waals surface area contributed by atoms with Gasteiger partial charge >= 0.3 is 5.97 Å². The molecule has 0 aromatic rings. The second-order valence-corrected chi connectivity index (χ2v) is 9.33. The summed E-state index contributed by atoms with van der Waals surface area (Å²) in [5.74, 6) is 3.16. The highest BCUT2D eigenvalue weighted by Gasteiger charge is 2.59. The molecule has 4 aliphatic rings. The molecular weight excluding hydrogens is 314 g/mol. The number of rotatable bonds is 1. The van der Waals surface area contributed by atoms with Gasteiger partial charge in [-0.3, -0.25) is 4.79 Å². The van der Waals surface area contributed by atoms with Gasteiger partial charge in [0.25, 0.3) is 0 Å². The third kappa shape index (κ3) is 2.40. The van der Waals surface area contributed by atoms with Gasteiger partial charge in [-0.2, -0.15) is 0 Å². The van der Waals surface area contributed by atoms with Gasteiger partial charge in [0.1, 0.15) is 5.76 Å². The van der Waals surface area contributed by atoms with Crippen LogP contribution in [-0.2, 0) is 9.53 Å². The minimum atomic E-state index is -0.274. The first-order valence-corrected chi connectivity index (χ1v) is 9.81. The fraction of sp³-hybridized carbons (Fsp3) is 0.762. The molecule has 0 aromatic carbocycles. The second kappa shape index (κ2) is 5.60. The number of ether oxygens (including phenoxy) is 1. The largest absolute Gasteiger partial charge is 0.513 e. The Morgan fingerprint density at radius 2 is 1.96 bits per heavy atom. The summed E-state index contributed by atoms with van der Waals surface area (Å²) in [5.41, 5.74) is 6.81. The summed E-state index contributed by atoms with van der Waals surface area (Å²) in [5, 5.41) is 9.99. The van der Waals surface area contributed by atoms with Gasteiger partial charge in [-0.25, -0.2) is 0 Å². The van der Waals surface area contributed by atoms with E-state index in [0.717, 1.165) is 25.7 Å². The number of nitrogens with two attached hydrogens (primary N) is 1. The van der Waals surface area contributed by atoms with Crippen LogP contribution >= 0.6 is 0 Å². The molecule has 0 radical (unpaired) electrons. The first-order valence-electron chi connectivity index (χ1n) is 9.81. The van der Waals surface area contributed by atoms with E-state index in [1.807, 2.05) is 0 Å². The molecule has 1 unspecified atom stereocenters. The summed E-state index contributed by atoms with van der Waals surface area (Å²) in [6, 6.07) is -0.178. The zero-order valence-corrected chi connectivity index (χ0v) is 15.6. The van der Waals surface area contributed by atoms with E-state index in [1.54, 1.807) is 0 Å². The zero-order valence-electron chi connectivity index (χ0n) is 15.6. The van der Waals surface area contributed by atoms with E-state index in [2.05, 4.69) is 26.0 Å². The highest BCUT2D eigenvalue weighted by atomic mass is 16.5. The molecule has 2 fully saturated rings. The number of aliphatic hydroxyl groups excluding tert-OH is 1. The normalized spacial score (nSPS) is 48.6. The molecule has 0 spiro atoms. The first kappa shape index (κ1) is 17.1. The first-order chi connectivity index (χ1) is 11.8. The number of hydrogen-bond donors (Lipinski definition) is 2. The van der Waals surface area contributed by atoms with Crippen LogP contribution in [0.4, 0.5) is 0 Å². The molecule has 0 saturated heterocycles. The molecule has 0 bridgehead atoms. The van der Waals surface area contributed by atoms with Crippen LogP contribution in [0.25, 0.3) is 0 Å². The highest BCUT2D eigenvalue weighted by Crippen LogP contribution is 2.65. The van der Waals surface area contributed by atoms with Crippen LogP contribution in [0.2, 0.25) is 0 Å². The molecule has 0 aromatic heterocycles. The van der Waals surface area contributed by atoms with Gasteiger partial charge in [-0.15, -0.1) is 0 Å². The molecule has 4 nitrogen and oxygen atoms in total. The Balaban J connectivity index is 1.66. The van der Waals surface area contributed by atoms with E-state index >= 15 is 0 Å². The lowest BCUT2D eigenvalue weighted by Crippen LogP contribution is -2.54. The second-order valence-electron chi connectivity index (χ2n) is 9.33. The maximum atomic E-state index is 11.5. The van der Waals surface area contributed by atoms with Crippen molar-refractivity contribution in [2.45, 2.75) is 65.3 Å². The summed E-state index contributed by atoms with van der Waals surface area (Å²) in [4.78, 5) is 11.5. The predicted octanol–water partition coefficient (Wildman–Crippen LogP) is 4.08. The van der Waals surface area contributed by atoms with E-state index in [1.165, 1.54) is 19.8 Å². The lowest BCUT2D eigenvalue weighted by molar-refractivity contribution is -0.137. The predicted molar refractivity (Wildman–Crippen MR) is 96.4 cm³/mol. The maximum absolute atomic E-state index is 11.5. The van der Waals surface area contributed by atoms with Crippen LogP contribution in [0.1, 0.15) is 59.3 Å². The van der Waals surface area contributed by atoms with Crippen molar-refractivity contribution < 1.29 is 14.6 Å². The molecule has 2 saturated carbocycles. The smallest absolute Gasteiger partial charge is 0.307 e. The molecule has 4 aliphatic carbocycles. The molecule has 4 rings (SSSR count). The lowest BCUT2D eigenvalue weighted by atomic mass is 9.46. The van der Waals surface area contributed by atoms with Crippen molar-refractivity contribution in [3.8, 4) is 0 Å². The Kier molecular flexibility index (Phi) is 3.84. The van der Waals surface area contributed by atoms with Crippen LogP contribution in [0.3, 0.4) is 0 Å². The van der Waals surface area contributed by atoms with E-state index in [9.17, 15) is 9.90 Å². The number of hydrogen-bond acceptors (Lipinski definition) is 4. The molecule has 0 amide bonds. The quantitative estimate of drug-likeness (QED) is 0.703. The monoisotopic (exact) mass is 345 g/mol. The summed E-state index contributed by atoms with van der Waals surface area (Å²) in [6.07, 6.45) is 10.8. The number of carbonyl (C=O) groups excluding carboxylic acids is 1. The van der Waals surface area contributed by atoms with E-state index in [0.29, 0.717) is 35.2 Å². The number of fused-ring (bicyclic) bond motifs is 5. The van der Waals surface area contributed by atoms with E-state index in [4.69, 9.17) is 10.5 Å². The van der Waals surface area contributed by atoms with E-state index in [-0.39, 0.29) is 22.8 Å². The summed E-state index contributed by atoms with van der Waals surface area (Å²) in [7, 11) is 0. The molecule has 3 N–H and O–H groups in total. The van der Waals surface area contributed by atoms with Gasteiger partial charge in [-0.1, -0.05) is 13.8 Å². The number of esters is 1. The van der Waals surface area contributed by atoms with Crippen LogP contribution in [0.15, 0.2) is 23.7 Å².